The van der Waals surface area contributed by atoms with Crippen LogP contribution in [-0.4, -0.2) is 29.6 Å². The largest absolute Gasteiger partial charge is 0.375 e. The highest BCUT2D eigenvalue weighted by atomic mass is 16.5. The third kappa shape index (κ3) is 2.13. The summed E-state index contributed by atoms with van der Waals surface area (Å²) in [6.45, 7) is 3.46. The zero-order valence-electron chi connectivity index (χ0n) is 13.9. The molecule has 3 atom stereocenters. The first kappa shape index (κ1) is 16.9. The highest BCUT2D eigenvalue weighted by Gasteiger charge is 2.85. The van der Waals surface area contributed by atoms with Gasteiger partial charge in [-0.3, -0.25) is 4.90 Å². The van der Waals surface area contributed by atoms with Crippen molar-refractivity contribution in [1.82, 2.24) is 4.90 Å². The fourth-order valence-electron chi connectivity index (χ4n) is 4.02. The van der Waals surface area contributed by atoms with Gasteiger partial charge in [0.05, 0.1) is 43.0 Å². The molecule has 6 nitrogen and oxygen atoms in total. The summed E-state index contributed by atoms with van der Waals surface area (Å²) in [5.74, 6) is 0. The van der Waals surface area contributed by atoms with Gasteiger partial charge in [-0.05, 0) is 12.5 Å². The molecule has 3 rings (SSSR count). The van der Waals surface area contributed by atoms with E-state index in [1.54, 1.807) is 0 Å². The van der Waals surface area contributed by atoms with Crippen LogP contribution in [0.2, 0.25) is 0 Å². The van der Waals surface area contributed by atoms with E-state index < -0.39 is 16.4 Å². The number of benzene rings is 1. The number of nitrogens with zero attached hydrogens (tertiary/aromatic N) is 5. The average Bonchev–Trinajstić information content (AvgIpc) is 3.39. The lowest BCUT2D eigenvalue weighted by Gasteiger charge is -2.50. The van der Waals surface area contributed by atoms with Crippen LogP contribution in [0.3, 0.4) is 0 Å². The standard InChI is InChI=1S/C19H17N5O/c1-15(7-25-8-16-5-3-2-4-6-16)24-14-19(24)9-17(10-20,11-21)18(19,12-22)13-23/h2-6,15H,7-9,14H2,1H3/t15-,19-,24?/m1/s1. The quantitative estimate of drug-likeness (QED) is 0.765. The van der Waals surface area contributed by atoms with Gasteiger partial charge in [0.25, 0.3) is 0 Å². The molecule has 1 saturated heterocycles. The molecule has 0 bridgehead atoms. The third-order valence-corrected chi connectivity index (χ3v) is 5.49. The van der Waals surface area contributed by atoms with E-state index in [4.69, 9.17) is 4.74 Å². The molecule has 0 aromatic heterocycles. The van der Waals surface area contributed by atoms with Crippen LogP contribution in [0.5, 0.6) is 0 Å². The van der Waals surface area contributed by atoms with Gasteiger partial charge in [-0.2, -0.15) is 21.0 Å². The fraction of sp³-hybridized carbons (Fsp3) is 0.474. The molecule has 0 N–H and O–H groups in total. The van der Waals surface area contributed by atoms with E-state index in [2.05, 4.69) is 0 Å². The van der Waals surface area contributed by atoms with Crippen LogP contribution in [0.15, 0.2) is 30.3 Å². The molecule has 0 radical (unpaired) electrons. The Balaban J connectivity index is 1.66. The minimum Gasteiger partial charge on any atom is -0.375 e. The molecule has 1 saturated carbocycles. The van der Waals surface area contributed by atoms with Gasteiger partial charge in [0.15, 0.2) is 10.8 Å². The molecule has 1 aliphatic carbocycles. The molecule has 1 aromatic rings. The van der Waals surface area contributed by atoms with Gasteiger partial charge in [0.2, 0.25) is 0 Å². The van der Waals surface area contributed by atoms with Crippen molar-refractivity contribution < 1.29 is 4.74 Å². The first-order valence-corrected chi connectivity index (χ1v) is 8.08. The van der Waals surface area contributed by atoms with Crippen molar-refractivity contribution in [2.45, 2.75) is 31.5 Å². The van der Waals surface area contributed by atoms with E-state index in [0.717, 1.165) is 5.56 Å². The van der Waals surface area contributed by atoms with Crippen molar-refractivity contribution in [3.8, 4) is 24.3 Å². The maximum Gasteiger partial charge on any atom is 0.194 e. The molecular weight excluding hydrogens is 314 g/mol. The number of ether oxygens (including phenoxy) is 1. The smallest absolute Gasteiger partial charge is 0.194 e. The monoisotopic (exact) mass is 331 g/mol. The molecule has 25 heavy (non-hydrogen) atoms. The zero-order chi connectivity index (χ0) is 18.1. The summed E-state index contributed by atoms with van der Waals surface area (Å²) in [6.07, 6.45) is 0.233. The third-order valence-electron chi connectivity index (χ3n) is 5.49. The second-order valence-electron chi connectivity index (χ2n) is 6.79. The molecule has 124 valence electrons. The first-order valence-electron chi connectivity index (χ1n) is 8.08. The molecule has 2 fully saturated rings. The topological polar surface area (TPSA) is 107 Å². The summed E-state index contributed by atoms with van der Waals surface area (Å²) < 4.78 is 5.75. The lowest BCUT2D eigenvalue weighted by Crippen LogP contribution is -2.64. The molecule has 1 unspecified atom stereocenters. The van der Waals surface area contributed by atoms with Gasteiger partial charge in [0.1, 0.15) is 0 Å². The summed E-state index contributed by atoms with van der Waals surface area (Å²) >= 11 is 0. The van der Waals surface area contributed by atoms with Gasteiger partial charge >= 0.3 is 0 Å². The van der Waals surface area contributed by atoms with Gasteiger partial charge in [-0.25, -0.2) is 0 Å². The van der Waals surface area contributed by atoms with E-state index in [-0.39, 0.29) is 12.5 Å². The molecule has 2 aliphatic rings. The number of rotatable bonds is 5. The normalized spacial score (nSPS) is 28.4. The van der Waals surface area contributed by atoms with Crippen molar-refractivity contribution in [2.24, 2.45) is 10.8 Å². The molecule has 1 heterocycles. The maximum absolute atomic E-state index is 9.60. The maximum atomic E-state index is 9.60. The Bertz CT molecular complexity index is 810. The van der Waals surface area contributed by atoms with Gasteiger partial charge in [-0.1, -0.05) is 30.3 Å². The van der Waals surface area contributed by atoms with Crippen LogP contribution >= 0.6 is 0 Å². The molecule has 0 amide bonds. The zero-order valence-corrected chi connectivity index (χ0v) is 13.9. The van der Waals surface area contributed by atoms with Crippen LogP contribution in [0, 0.1) is 56.2 Å². The lowest BCUT2D eigenvalue weighted by atomic mass is 9.44. The second kappa shape index (κ2) is 5.87. The van der Waals surface area contributed by atoms with Crippen LogP contribution in [0.25, 0.3) is 0 Å². The Morgan fingerprint density at radius 2 is 1.72 bits per heavy atom. The Hall–Kier alpha value is -2.90. The SMILES string of the molecule is C[C@H](COCc1ccccc1)N1C[C@@]12CC(C#N)(C#N)C2(C#N)C#N. The highest BCUT2D eigenvalue weighted by molar-refractivity contribution is 5.53. The Morgan fingerprint density at radius 3 is 2.28 bits per heavy atom. The predicted octanol–water partition coefficient (Wildman–Crippen LogP) is 2.12. The van der Waals surface area contributed by atoms with E-state index in [1.165, 1.54) is 0 Å². The Labute approximate surface area is 147 Å². The summed E-state index contributed by atoms with van der Waals surface area (Å²) in [4.78, 5) is 2.01. The summed E-state index contributed by atoms with van der Waals surface area (Å²) in [5.41, 5.74) is -2.76. The van der Waals surface area contributed by atoms with Crippen molar-refractivity contribution in [1.29, 1.82) is 21.0 Å². The van der Waals surface area contributed by atoms with Crippen molar-refractivity contribution in [3.63, 3.8) is 0 Å². The number of hydrogen-bond acceptors (Lipinski definition) is 6. The van der Waals surface area contributed by atoms with Crippen molar-refractivity contribution in [2.75, 3.05) is 13.2 Å². The van der Waals surface area contributed by atoms with Gasteiger partial charge < -0.3 is 4.74 Å². The molecule has 1 aromatic carbocycles. The second-order valence-corrected chi connectivity index (χ2v) is 6.79. The van der Waals surface area contributed by atoms with Crippen LogP contribution in [0.4, 0.5) is 0 Å². The van der Waals surface area contributed by atoms with Crippen molar-refractivity contribution in [3.05, 3.63) is 35.9 Å². The molecular formula is C19H17N5O. The van der Waals surface area contributed by atoms with Crippen LogP contribution < -0.4 is 0 Å². The summed E-state index contributed by atoms with van der Waals surface area (Å²) in [5, 5.41) is 37.9. The molecule has 1 spiro atoms. The highest BCUT2D eigenvalue weighted by Crippen LogP contribution is 2.71. The minimum absolute atomic E-state index is 0.000160. The van der Waals surface area contributed by atoms with E-state index in [0.29, 0.717) is 19.8 Å². The molecule has 6 heteroatoms. The predicted molar refractivity (Wildman–Crippen MR) is 86.9 cm³/mol. The Kier molecular flexibility index (Phi) is 3.98. The van der Waals surface area contributed by atoms with Crippen LogP contribution in [0.1, 0.15) is 18.9 Å². The lowest BCUT2D eigenvalue weighted by molar-refractivity contribution is 0.00683. The summed E-state index contributed by atoms with van der Waals surface area (Å²) in [6, 6.07) is 17.6. The number of nitriles is 4. The van der Waals surface area contributed by atoms with Crippen LogP contribution in [-0.2, 0) is 11.3 Å². The van der Waals surface area contributed by atoms with E-state index >= 15 is 0 Å². The fourth-order valence-corrected chi connectivity index (χ4v) is 4.02. The molecule has 1 aliphatic heterocycles. The van der Waals surface area contributed by atoms with E-state index in [9.17, 15) is 21.0 Å². The van der Waals surface area contributed by atoms with Crippen molar-refractivity contribution >= 4 is 0 Å². The summed E-state index contributed by atoms with van der Waals surface area (Å²) in [7, 11) is 0. The van der Waals surface area contributed by atoms with Gasteiger partial charge in [-0.15, -0.1) is 0 Å². The van der Waals surface area contributed by atoms with Gasteiger partial charge in [0, 0.05) is 19.0 Å². The Morgan fingerprint density at radius 1 is 1.08 bits per heavy atom. The van der Waals surface area contributed by atoms with E-state index in [1.807, 2.05) is 66.4 Å². The minimum atomic E-state index is -1.60. The average molecular weight is 331 g/mol. The first-order chi connectivity index (χ1) is 12.0. The number of hydrogen-bond donors (Lipinski definition) is 0.